The van der Waals surface area contributed by atoms with Crippen molar-refractivity contribution in [1.82, 2.24) is 0 Å². The summed E-state index contributed by atoms with van der Waals surface area (Å²) in [6, 6.07) is 9.42. The van der Waals surface area contributed by atoms with Gasteiger partial charge in [0.1, 0.15) is 62.4 Å². The number of aliphatic hydroxyl groups excluding tert-OH is 1. The lowest BCUT2D eigenvalue weighted by molar-refractivity contribution is -0.0412. The minimum atomic E-state index is -0.758. The number of ether oxygens (including phenoxy) is 3. The van der Waals surface area contributed by atoms with Crippen molar-refractivity contribution in [3.05, 3.63) is 97.9 Å². The number of carbonyl (C=O) groups excluding carboxylic acids is 1. The molecule has 2 aliphatic heterocycles. The van der Waals surface area contributed by atoms with Crippen LogP contribution in [0.4, 0.5) is 0 Å². The van der Waals surface area contributed by atoms with Crippen LogP contribution in [0.2, 0.25) is 0 Å². The molecule has 0 aliphatic carbocycles. The number of aryl methyl sites for hydroxylation is 1. The lowest BCUT2D eigenvalue weighted by atomic mass is 9.89. The minimum absolute atomic E-state index is 0.0505. The van der Waals surface area contributed by atoms with Gasteiger partial charge in [-0.15, -0.1) is 0 Å². The van der Waals surface area contributed by atoms with E-state index in [1.165, 1.54) is 18.2 Å². The molecule has 1 aromatic heterocycles. The molecule has 4 aromatic rings. The summed E-state index contributed by atoms with van der Waals surface area (Å²) in [5, 5.41) is 41.0. The summed E-state index contributed by atoms with van der Waals surface area (Å²) in [5.74, 6) is 1.53. The molecular formula is C40H44O10. The van der Waals surface area contributed by atoms with Crippen molar-refractivity contribution in [3.8, 4) is 34.5 Å². The van der Waals surface area contributed by atoms with E-state index in [1.807, 2.05) is 58.1 Å². The number of hydrogen-bond donors (Lipinski definition) is 4. The van der Waals surface area contributed by atoms with Crippen molar-refractivity contribution in [2.75, 3.05) is 7.11 Å². The van der Waals surface area contributed by atoms with E-state index in [2.05, 4.69) is 0 Å². The topological polar surface area (TPSA) is 156 Å². The first-order chi connectivity index (χ1) is 23.4. The quantitative estimate of drug-likeness (QED) is 0.122. The maximum Gasteiger partial charge on any atom is 0.196 e. The van der Waals surface area contributed by atoms with Crippen LogP contribution in [0.1, 0.15) is 79.9 Å². The lowest BCUT2D eigenvalue weighted by Crippen LogP contribution is -2.46. The summed E-state index contributed by atoms with van der Waals surface area (Å²) in [5.41, 5.74) is 2.51. The molecule has 0 bridgehead atoms. The Bertz CT molecular complexity index is 2090. The first-order valence-corrected chi connectivity index (χ1v) is 16.4. The second-order valence-corrected chi connectivity index (χ2v) is 14.0. The van der Waals surface area contributed by atoms with Gasteiger partial charge in [0, 0.05) is 42.2 Å². The molecule has 0 radical (unpaired) electrons. The molecule has 0 saturated heterocycles. The van der Waals surface area contributed by atoms with Gasteiger partial charge in [-0.25, -0.2) is 0 Å². The number of phenolic OH excluding ortho intramolecular Hbond substituents is 3. The monoisotopic (exact) mass is 684 g/mol. The van der Waals surface area contributed by atoms with Crippen LogP contribution in [0.25, 0.3) is 17.0 Å². The number of carbonyl (C=O) groups is 1. The molecule has 0 saturated carbocycles. The van der Waals surface area contributed by atoms with E-state index in [-0.39, 0.29) is 51.4 Å². The molecule has 3 aromatic carbocycles. The fourth-order valence-corrected chi connectivity index (χ4v) is 5.98. The molecule has 3 heterocycles. The van der Waals surface area contributed by atoms with Gasteiger partial charge in [0.05, 0.1) is 24.3 Å². The van der Waals surface area contributed by atoms with Crippen LogP contribution in [0.5, 0.6) is 34.5 Å². The Hall–Kier alpha value is -5.22. The fourth-order valence-electron chi connectivity index (χ4n) is 5.98. The summed E-state index contributed by atoms with van der Waals surface area (Å²) in [6.07, 6.45) is 5.83. The Balaban J connectivity index is 0.000000219. The molecule has 4 N–H and O–H groups in total. The van der Waals surface area contributed by atoms with E-state index in [0.29, 0.717) is 52.5 Å². The molecular weight excluding hydrogens is 640 g/mol. The lowest BCUT2D eigenvalue weighted by Gasteiger charge is -2.37. The van der Waals surface area contributed by atoms with E-state index in [4.69, 9.17) is 18.6 Å². The van der Waals surface area contributed by atoms with Gasteiger partial charge >= 0.3 is 0 Å². The zero-order chi connectivity index (χ0) is 36.7. The highest BCUT2D eigenvalue weighted by Gasteiger charge is 2.36. The van der Waals surface area contributed by atoms with Crippen molar-refractivity contribution in [2.24, 2.45) is 0 Å². The number of hydrogen-bond acceptors (Lipinski definition) is 10. The average Bonchev–Trinajstić information content (AvgIpc) is 3.00. The standard InChI is InChI=1S/C25H28O6.C15H16O4/c1-24(2)9-8-16-20(30-24)7-6-14(23(16)29-5)11-18(26)17-10-15-12-22(28)25(3,4)31-21(15)13-19(17)27;1-8(2)4-5-10-11(16)7-13-14(15(10)18)12(17)6-9(3)19-13/h6-10,13,22,27-28H,11-12H2,1-5H3;4,6-7,16,18H,5H2,1-3H3. The number of benzene rings is 3. The van der Waals surface area contributed by atoms with E-state index in [0.717, 1.165) is 11.1 Å². The third-order valence-electron chi connectivity index (χ3n) is 8.80. The highest BCUT2D eigenvalue weighted by molar-refractivity contribution is 6.01. The Labute approximate surface area is 290 Å². The molecule has 264 valence electrons. The number of Topliss-reactive ketones (excluding diaryl/α,β-unsaturated/α-hetero) is 1. The summed E-state index contributed by atoms with van der Waals surface area (Å²) < 4.78 is 22.8. The third-order valence-corrected chi connectivity index (χ3v) is 8.80. The SMILES string of the molecule is CC(C)=CCc1c(O)cc2oc(C)cc(=O)c2c1O.COc1c(CC(=O)c2cc3c(cc2O)OC(C)(C)C(O)C3)ccc2c1C=CC(C)(C)O2. The van der Waals surface area contributed by atoms with Crippen LogP contribution < -0.4 is 19.6 Å². The summed E-state index contributed by atoms with van der Waals surface area (Å²) in [6.45, 7) is 13.0. The van der Waals surface area contributed by atoms with Crippen molar-refractivity contribution in [1.29, 1.82) is 0 Å². The molecule has 0 fully saturated rings. The van der Waals surface area contributed by atoms with E-state index >= 15 is 0 Å². The molecule has 1 atom stereocenters. The normalized spacial score (nSPS) is 16.5. The van der Waals surface area contributed by atoms with Crippen molar-refractivity contribution in [2.45, 2.75) is 85.0 Å². The van der Waals surface area contributed by atoms with Crippen LogP contribution in [0.15, 0.2) is 63.3 Å². The number of aliphatic hydroxyl groups is 1. The fraction of sp³-hybridized carbons (Fsp3) is 0.350. The number of methoxy groups -OCH3 is 1. The van der Waals surface area contributed by atoms with Gasteiger partial charge in [-0.2, -0.15) is 0 Å². The Morgan fingerprint density at radius 3 is 2.40 bits per heavy atom. The largest absolute Gasteiger partial charge is 0.507 e. The number of phenols is 3. The highest BCUT2D eigenvalue weighted by atomic mass is 16.5. The summed E-state index contributed by atoms with van der Waals surface area (Å²) >= 11 is 0. The van der Waals surface area contributed by atoms with Crippen LogP contribution >= 0.6 is 0 Å². The molecule has 50 heavy (non-hydrogen) atoms. The molecule has 2 aliphatic rings. The van der Waals surface area contributed by atoms with Gasteiger partial charge in [0.15, 0.2) is 11.2 Å². The zero-order valence-corrected chi connectivity index (χ0v) is 29.6. The predicted molar refractivity (Wildman–Crippen MR) is 191 cm³/mol. The molecule has 10 heteroatoms. The van der Waals surface area contributed by atoms with Gasteiger partial charge in [0.2, 0.25) is 0 Å². The maximum absolute atomic E-state index is 13.1. The molecule has 0 amide bonds. The zero-order valence-electron chi connectivity index (χ0n) is 29.6. The van der Waals surface area contributed by atoms with Crippen LogP contribution in [0, 0.1) is 6.92 Å². The van der Waals surface area contributed by atoms with Crippen LogP contribution in [-0.4, -0.2) is 50.6 Å². The van der Waals surface area contributed by atoms with Crippen molar-refractivity contribution >= 4 is 22.8 Å². The Kier molecular flexibility index (Phi) is 9.80. The number of rotatable bonds is 6. The number of aromatic hydroxyl groups is 3. The van der Waals surface area contributed by atoms with Crippen LogP contribution in [0.3, 0.4) is 0 Å². The van der Waals surface area contributed by atoms with Crippen molar-refractivity contribution in [3.63, 3.8) is 0 Å². The third kappa shape index (κ3) is 7.35. The summed E-state index contributed by atoms with van der Waals surface area (Å²) in [7, 11) is 1.56. The summed E-state index contributed by atoms with van der Waals surface area (Å²) in [4.78, 5) is 25.0. The van der Waals surface area contributed by atoms with E-state index < -0.39 is 17.3 Å². The average molecular weight is 685 g/mol. The number of ketones is 1. The van der Waals surface area contributed by atoms with Gasteiger partial charge < -0.3 is 39.1 Å². The molecule has 1 unspecified atom stereocenters. The smallest absolute Gasteiger partial charge is 0.196 e. The number of fused-ring (bicyclic) bond motifs is 3. The van der Waals surface area contributed by atoms with E-state index in [1.54, 1.807) is 33.9 Å². The molecule has 10 nitrogen and oxygen atoms in total. The van der Waals surface area contributed by atoms with E-state index in [9.17, 15) is 30.0 Å². The first kappa shape index (κ1) is 36.1. The molecule has 6 rings (SSSR count). The van der Waals surface area contributed by atoms with Gasteiger partial charge in [-0.05, 0) is 84.7 Å². The minimum Gasteiger partial charge on any atom is -0.507 e. The van der Waals surface area contributed by atoms with Gasteiger partial charge in [-0.3, -0.25) is 9.59 Å². The Morgan fingerprint density at radius 2 is 1.72 bits per heavy atom. The first-order valence-electron chi connectivity index (χ1n) is 16.4. The highest BCUT2D eigenvalue weighted by Crippen LogP contribution is 2.41. The molecule has 0 spiro atoms. The van der Waals surface area contributed by atoms with Gasteiger partial charge in [0.25, 0.3) is 0 Å². The second kappa shape index (κ2) is 13.6. The Morgan fingerprint density at radius 1 is 1.00 bits per heavy atom. The maximum atomic E-state index is 13.1. The second-order valence-electron chi connectivity index (χ2n) is 14.0. The van der Waals surface area contributed by atoms with Crippen LogP contribution in [-0.2, 0) is 19.3 Å². The van der Waals surface area contributed by atoms with Gasteiger partial charge in [-0.1, -0.05) is 17.7 Å². The van der Waals surface area contributed by atoms with Crippen molar-refractivity contribution < 1.29 is 43.8 Å². The predicted octanol–water partition coefficient (Wildman–Crippen LogP) is 7.11. The number of allylic oxidation sites excluding steroid dienone is 2.